The molecule has 0 aromatic heterocycles. The molecule has 25 heavy (non-hydrogen) atoms. The summed E-state index contributed by atoms with van der Waals surface area (Å²) < 4.78 is 27.0. The van der Waals surface area contributed by atoms with Gasteiger partial charge in [-0.05, 0) is 50.5 Å². The minimum atomic E-state index is -3.56. The molecule has 1 rings (SSSR count). The van der Waals surface area contributed by atoms with Gasteiger partial charge in [-0.25, -0.2) is 13.1 Å². The van der Waals surface area contributed by atoms with E-state index in [4.69, 9.17) is 5.73 Å². The second-order valence-electron chi connectivity index (χ2n) is 6.21. The quantitative estimate of drug-likeness (QED) is 0.601. The lowest BCUT2D eigenvalue weighted by Gasteiger charge is -2.26. The number of rotatable bonds is 9. The number of halogens is 1. The van der Waals surface area contributed by atoms with Crippen LogP contribution in [0, 0.1) is 0 Å². The van der Waals surface area contributed by atoms with Crippen molar-refractivity contribution in [2.45, 2.75) is 63.4 Å². The van der Waals surface area contributed by atoms with E-state index in [1.54, 1.807) is 6.92 Å². The number of carbonyl (C=O) groups excluding carboxylic acids is 1. The number of sulfonamides is 1. The topological polar surface area (TPSA) is 101 Å². The van der Waals surface area contributed by atoms with Gasteiger partial charge in [0, 0.05) is 23.7 Å². The van der Waals surface area contributed by atoms with Crippen molar-refractivity contribution in [1.29, 1.82) is 0 Å². The number of nitrogens with two attached hydrogens (primary N) is 1. The van der Waals surface area contributed by atoms with E-state index in [2.05, 4.69) is 10.0 Å². The standard InChI is InChI=1S/C17H29N3O3S.ClH/c1-5-13(4)20-24(22,23)15-10-8-14(9-11-15)16(21)19-12-17(18,6-2)7-3;/h8-11,13,20H,5-7,12,18H2,1-4H3,(H,19,21);1H. The van der Waals surface area contributed by atoms with Gasteiger partial charge in [-0.1, -0.05) is 20.8 Å². The number of nitrogens with one attached hydrogen (secondary N) is 2. The molecule has 1 unspecified atom stereocenters. The van der Waals surface area contributed by atoms with Crippen molar-refractivity contribution in [3.8, 4) is 0 Å². The van der Waals surface area contributed by atoms with E-state index in [0.29, 0.717) is 18.5 Å². The van der Waals surface area contributed by atoms with Gasteiger partial charge in [0.15, 0.2) is 0 Å². The number of benzene rings is 1. The molecule has 1 aromatic rings. The Morgan fingerprint density at radius 1 is 1.16 bits per heavy atom. The van der Waals surface area contributed by atoms with Crippen molar-refractivity contribution in [2.75, 3.05) is 6.54 Å². The number of hydrogen-bond acceptors (Lipinski definition) is 4. The highest BCUT2D eigenvalue weighted by molar-refractivity contribution is 7.89. The first-order valence-corrected chi connectivity index (χ1v) is 9.85. The first-order chi connectivity index (χ1) is 11.2. The van der Waals surface area contributed by atoms with Crippen LogP contribution >= 0.6 is 12.4 Å². The molecule has 0 spiro atoms. The van der Waals surface area contributed by atoms with Crippen molar-refractivity contribution >= 4 is 28.3 Å². The highest BCUT2D eigenvalue weighted by atomic mass is 35.5. The molecule has 6 nitrogen and oxygen atoms in total. The maximum Gasteiger partial charge on any atom is 0.251 e. The van der Waals surface area contributed by atoms with Gasteiger partial charge in [0.25, 0.3) is 5.91 Å². The van der Waals surface area contributed by atoms with Gasteiger partial charge in [-0.3, -0.25) is 4.79 Å². The minimum absolute atomic E-state index is 0. The molecule has 1 atom stereocenters. The number of hydrogen-bond donors (Lipinski definition) is 3. The summed E-state index contributed by atoms with van der Waals surface area (Å²) in [5.74, 6) is -0.259. The minimum Gasteiger partial charge on any atom is -0.350 e. The Bertz CT molecular complexity index is 644. The molecule has 0 heterocycles. The summed E-state index contributed by atoms with van der Waals surface area (Å²) in [6.07, 6.45) is 2.24. The van der Waals surface area contributed by atoms with E-state index in [9.17, 15) is 13.2 Å². The van der Waals surface area contributed by atoms with Crippen LogP contribution in [0.4, 0.5) is 0 Å². The Labute approximate surface area is 157 Å². The number of amides is 1. The molecule has 1 aromatic carbocycles. The first-order valence-electron chi connectivity index (χ1n) is 8.37. The van der Waals surface area contributed by atoms with Gasteiger partial charge in [0.2, 0.25) is 10.0 Å². The second-order valence-corrected chi connectivity index (χ2v) is 7.92. The molecule has 144 valence electrons. The molecular weight excluding hydrogens is 362 g/mol. The fraction of sp³-hybridized carbons (Fsp3) is 0.588. The molecule has 8 heteroatoms. The summed E-state index contributed by atoms with van der Waals surface area (Å²) in [5, 5.41) is 2.81. The van der Waals surface area contributed by atoms with E-state index in [1.807, 2.05) is 20.8 Å². The maximum absolute atomic E-state index is 12.2. The summed E-state index contributed by atoms with van der Waals surface area (Å²) in [6, 6.07) is 5.76. The largest absolute Gasteiger partial charge is 0.350 e. The molecular formula is C17H30ClN3O3S. The molecule has 0 saturated heterocycles. The zero-order valence-corrected chi connectivity index (χ0v) is 17.0. The first kappa shape index (κ1) is 23.9. The van der Waals surface area contributed by atoms with Crippen LogP contribution < -0.4 is 15.8 Å². The van der Waals surface area contributed by atoms with Gasteiger partial charge in [-0.2, -0.15) is 0 Å². The number of carbonyl (C=O) groups is 1. The molecule has 0 saturated carbocycles. The summed E-state index contributed by atoms with van der Waals surface area (Å²) >= 11 is 0. The normalized spacial score (nSPS) is 13.0. The highest BCUT2D eigenvalue weighted by Gasteiger charge is 2.21. The molecule has 0 radical (unpaired) electrons. The van der Waals surface area contributed by atoms with E-state index in [-0.39, 0.29) is 29.3 Å². The fourth-order valence-corrected chi connectivity index (χ4v) is 3.39. The van der Waals surface area contributed by atoms with Crippen LogP contribution in [-0.2, 0) is 10.0 Å². The third kappa shape index (κ3) is 6.93. The van der Waals surface area contributed by atoms with Crippen LogP contribution in [0.1, 0.15) is 57.3 Å². The van der Waals surface area contributed by atoms with Crippen LogP contribution in [0.25, 0.3) is 0 Å². The van der Waals surface area contributed by atoms with Crippen molar-refractivity contribution in [2.24, 2.45) is 5.73 Å². The molecule has 4 N–H and O–H groups in total. The predicted octanol–water partition coefficient (Wildman–Crippen LogP) is 2.43. The molecule has 0 aliphatic rings. The zero-order chi connectivity index (χ0) is 18.4. The smallest absolute Gasteiger partial charge is 0.251 e. The maximum atomic E-state index is 12.2. The molecule has 1 amide bonds. The van der Waals surface area contributed by atoms with E-state index in [1.165, 1.54) is 24.3 Å². The van der Waals surface area contributed by atoms with Crippen LogP contribution in [0.15, 0.2) is 29.2 Å². The zero-order valence-electron chi connectivity index (χ0n) is 15.3. The van der Waals surface area contributed by atoms with Gasteiger partial charge in [-0.15, -0.1) is 12.4 Å². The molecule has 0 aliphatic heterocycles. The summed E-state index contributed by atoms with van der Waals surface area (Å²) in [6.45, 7) is 8.07. The second kappa shape index (κ2) is 10.1. The van der Waals surface area contributed by atoms with E-state index in [0.717, 1.165) is 12.8 Å². The van der Waals surface area contributed by atoms with Gasteiger partial charge in [0.1, 0.15) is 0 Å². The van der Waals surface area contributed by atoms with Crippen LogP contribution in [0.2, 0.25) is 0 Å². The van der Waals surface area contributed by atoms with Crippen LogP contribution in [-0.4, -0.2) is 32.5 Å². The molecule has 0 fully saturated rings. The Hall–Kier alpha value is -1.15. The lowest BCUT2D eigenvalue weighted by atomic mass is 9.94. The van der Waals surface area contributed by atoms with Crippen LogP contribution in [0.3, 0.4) is 0 Å². The van der Waals surface area contributed by atoms with Crippen molar-refractivity contribution in [3.05, 3.63) is 29.8 Å². The van der Waals surface area contributed by atoms with Gasteiger partial charge >= 0.3 is 0 Å². The Balaban J connectivity index is 0.00000576. The average molecular weight is 392 g/mol. The highest BCUT2D eigenvalue weighted by Crippen LogP contribution is 2.13. The van der Waals surface area contributed by atoms with Crippen LogP contribution in [0.5, 0.6) is 0 Å². The molecule has 0 aliphatic carbocycles. The summed E-state index contributed by atoms with van der Waals surface area (Å²) in [5.41, 5.74) is 6.15. The summed E-state index contributed by atoms with van der Waals surface area (Å²) in [4.78, 5) is 12.3. The van der Waals surface area contributed by atoms with E-state index < -0.39 is 15.6 Å². The SMILES string of the molecule is CCC(C)NS(=O)(=O)c1ccc(C(=O)NCC(N)(CC)CC)cc1.Cl. The lowest BCUT2D eigenvalue weighted by Crippen LogP contribution is -2.49. The third-order valence-corrected chi connectivity index (χ3v) is 6.01. The monoisotopic (exact) mass is 391 g/mol. The van der Waals surface area contributed by atoms with Gasteiger partial charge < -0.3 is 11.1 Å². The predicted molar refractivity (Wildman–Crippen MR) is 104 cm³/mol. The Kier molecular flexibility index (Phi) is 9.64. The Morgan fingerprint density at radius 2 is 1.68 bits per heavy atom. The van der Waals surface area contributed by atoms with Crippen molar-refractivity contribution < 1.29 is 13.2 Å². The van der Waals surface area contributed by atoms with E-state index >= 15 is 0 Å². The fourth-order valence-electron chi connectivity index (χ4n) is 2.06. The van der Waals surface area contributed by atoms with Crippen molar-refractivity contribution in [3.63, 3.8) is 0 Å². The van der Waals surface area contributed by atoms with Gasteiger partial charge in [0.05, 0.1) is 4.90 Å². The summed E-state index contributed by atoms with van der Waals surface area (Å²) in [7, 11) is -3.56. The molecule has 0 bridgehead atoms. The third-order valence-electron chi connectivity index (χ3n) is 4.40. The lowest BCUT2D eigenvalue weighted by molar-refractivity contribution is 0.0942. The average Bonchev–Trinajstić information content (AvgIpc) is 2.59. The Morgan fingerprint density at radius 3 is 2.12 bits per heavy atom. The van der Waals surface area contributed by atoms with Crippen molar-refractivity contribution in [1.82, 2.24) is 10.0 Å².